The molecule has 2 aromatic rings. The highest BCUT2D eigenvalue weighted by Crippen LogP contribution is 2.26. The van der Waals surface area contributed by atoms with Gasteiger partial charge >= 0.3 is 0 Å². The third-order valence-electron chi connectivity index (χ3n) is 5.92. The molecule has 0 saturated carbocycles. The first-order valence-electron chi connectivity index (χ1n) is 12.1. The van der Waals surface area contributed by atoms with Crippen LogP contribution in [0.4, 0.5) is 5.69 Å². The monoisotopic (exact) mass is 517 g/mol. The minimum Gasteiger partial charge on any atom is -0.497 e. The van der Waals surface area contributed by atoms with Gasteiger partial charge in [-0.1, -0.05) is 52.0 Å². The van der Waals surface area contributed by atoms with E-state index in [1.54, 1.807) is 31.4 Å². The molecule has 0 saturated heterocycles. The van der Waals surface area contributed by atoms with E-state index in [0.717, 1.165) is 21.7 Å². The number of nitrogens with zero attached hydrogens (tertiary/aromatic N) is 2. The Morgan fingerprint density at radius 3 is 2.19 bits per heavy atom. The van der Waals surface area contributed by atoms with Gasteiger partial charge in [-0.05, 0) is 54.2 Å². The van der Waals surface area contributed by atoms with Crippen LogP contribution in [0.3, 0.4) is 0 Å². The zero-order valence-electron chi connectivity index (χ0n) is 22.4. The van der Waals surface area contributed by atoms with Crippen LogP contribution in [-0.4, -0.2) is 57.6 Å². The van der Waals surface area contributed by atoms with Crippen molar-refractivity contribution in [1.29, 1.82) is 0 Å². The van der Waals surface area contributed by atoms with Crippen molar-refractivity contribution in [2.24, 2.45) is 0 Å². The molecule has 0 aliphatic carbocycles. The number of hydrogen-bond acceptors (Lipinski definition) is 5. The van der Waals surface area contributed by atoms with Crippen LogP contribution in [0.5, 0.6) is 5.75 Å². The predicted octanol–water partition coefficient (Wildman–Crippen LogP) is 3.70. The minimum absolute atomic E-state index is 0.0984. The molecule has 2 rings (SSSR count). The Bertz CT molecular complexity index is 1140. The fourth-order valence-corrected chi connectivity index (χ4v) is 4.77. The number of anilines is 1. The summed E-state index contributed by atoms with van der Waals surface area (Å²) in [5, 5.41) is 2.79. The van der Waals surface area contributed by atoms with Crippen molar-refractivity contribution in [3.8, 4) is 5.75 Å². The van der Waals surface area contributed by atoms with Gasteiger partial charge in [0.25, 0.3) is 0 Å². The highest BCUT2D eigenvalue weighted by Gasteiger charge is 2.31. The topological polar surface area (TPSA) is 96.0 Å². The highest BCUT2D eigenvalue weighted by atomic mass is 32.2. The molecule has 1 atom stereocenters. The van der Waals surface area contributed by atoms with Crippen molar-refractivity contribution < 1.29 is 22.7 Å². The number of rotatable bonds is 11. The lowest BCUT2D eigenvalue weighted by Gasteiger charge is -2.33. The smallest absolute Gasteiger partial charge is 0.244 e. The average Bonchev–Trinajstić information content (AvgIpc) is 2.81. The van der Waals surface area contributed by atoms with Gasteiger partial charge in [0.15, 0.2) is 0 Å². The summed E-state index contributed by atoms with van der Waals surface area (Å²) in [4.78, 5) is 28.0. The molecule has 0 spiro atoms. The molecule has 0 radical (unpaired) electrons. The first-order valence-corrected chi connectivity index (χ1v) is 13.9. The Balaban J connectivity index is 2.45. The van der Waals surface area contributed by atoms with Crippen LogP contribution in [0, 0.1) is 0 Å². The number of carbonyl (C=O) groups excluding carboxylic acids is 2. The van der Waals surface area contributed by atoms with Gasteiger partial charge in [-0.25, -0.2) is 8.42 Å². The van der Waals surface area contributed by atoms with E-state index in [2.05, 4.69) is 26.1 Å². The summed E-state index contributed by atoms with van der Waals surface area (Å²) in [6.07, 6.45) is 1.45. The van der Waals surface area contributed by atoms with Gasteiger partial charge in [0, 0.05) is 13.1 Å². The Kier molecular flexibility index (Phi) is 9.93. The van der Waals surface area contributed by atoms with E-state index in [4.69, 9.17) is 4.74 Å². The van der Waals surface area contributed by atoms with Gasteiger partial charge in [0.2, 0.25) is 21.8 Å². The van der Waals surface area contributed by atoms with E-state index in [0.29, 0.717) is 24.4 Å². The number of likely N-dealkylation sites (N-methyl/N-ethyl adjacent to an activating group) is 1. The summed E-state index contributed by atoms with van der Waals surface area (Å²) in [5.74, 6) is -0.124. The van der Waals surface area contributed by atoms with Gasteiger partial charge in [-0.3, -0.25) is 13.9 Å². The standard InChI is InChI=1S/C27H39N3O5S/c1-8-24(26(32)28-9-2)29(18-20-11-10-12-23(17-20)35-6)25(31)19-30(36(7,33)34)22-15-13-21(14-16-22)27(3,4)5/h10-17,24H,8-9,18-19H2,1-7H3,(H,28,32)/t24-/m0/s1. The lowest BCUT2D eigenvalue weighted by Crippen LogP contribution is -2.52. The van der Waals surface area contributed by atoms with Crippen LogP contribution in [0.1, 0.15) is 52.2 Å². The van der Waals surface area contributed by atoms with Crippen molar-refractivity contribution in [3.05, 3.63) is 59.7 Å². The molecule has 8 nitrogen and oxygen atoms in total. The Morgan fingerprint density at radius 1 is 1.06 bits per heavy atom. The maximum atomic E-state index is 13.7. The molecule has 198 valence electrons. The molecule has 36 heavy (non-hydrogen) atoms. The molecule has 2 amide bonds. The number of ether oxygens (including phenoxy) is 1. The zero-order valence-corrected chi connectivity index (χ0v) is 23.2. The molecule has 1 N–H and O–H groups in total. The molecular weight excluding hydrogens is 478 g/mol. The number of nitrogens with one attached hydrogen (secondary N) is 1. The van der Waals surface area contributed by atoms with E-state index < -0.39 is 28.5 Å². The zero-order chi connectivity index (χ0) is 27.1. The van der Waals surface area contributed by atoms with Crippen molar-refractivity contribution in [1.82, 2.24) is 10.2 Å². The second-order valence-electron chi connectivity index (χ2n) is 9.76. The van der Waals surface area contributed by atoms with E-state index in [1.165, 1.54) is 4.90 Å². The van der Waals surface area contributed by atoms with Crippen LogP contribution in [0.25, 0.3) is 0 Å². The Hall–Kier alpha value is -3.07. The lowest BCUT2D eigenvalue weighted by molar-refractivity contribution is -0.140. The predicted molar refractivity (Wildman–Crippen MR) is 144 cm³/mol. The van der Waals surface area contributed by atoms with Crippen molar-refractivity contribution >= 4 is 27.5 Å². The fraction of sp³-hybridized carbons (Fsp3) is 0.481. The summed E-state index contributed by atoms with van der Waals surface area (Å²) in [7, 11) is -2.22. The highest BCUT2D eigenvalue weighted by molar-refractivity contribution is 7.92. The van der Waals surface area contributed by atoms with Gasteiger partial charge in [-0.15, -0.1) is 0 Å². The maximum Gasteiger partial charge on any atom is 0.244 e. The van der Waals surface area contributed by atoms with Crippen LogP contribution in [0.15, 0.2) is 48.5 Å². The van der Waals surface area contributed by atoms with Gasteiger partial charge < -0.3 is 15.0 Å². The van der Waals surface area contributed by atoms with Crippen LogP contribution in [0.2, 0.25) is 0 Å². The Morgan fingerprint density at radius 2 is 1.69 bits per heavy atom. The summed E-state index contributed by atoms with van der Waals surface area (Å²) < 4.78 is 31.9. The largest absolute Gasteiger partial charge is 0.497 e. The lowest BCUT2D eigenvalue weighted by atomic mass is 9.87. The van der Waals surface area contributed by atoms with E-state index in [-0.39, 0.29) is 17.9 Å². The van der Waals surface area contributed by atoms with Crippen molar-refractivity contribution in [2.45, 2.75) is 59.0 Å². The van der Waals surface area contributed by atoms with Crippen molar-refractivity contribution in [2.75, 3.05) is 30.8 Å². The number of benzene rings is 2. The van der Waals surface area contributed by atoms with Crippen LogP contribution >= 0.6 is 0 Å². The molecule has 0 heterocycles. The van der Waals surface area contributed by atoms with Gasteiger partial charge in [0.05, 0.1) is 19.1 Å². The second kappa shape index (κ2) is 12.3. The maximum absolute atomic E-state index is 13.7. The van der Waals surface area contributed by atoms with Gasteiger partial charge in [-0.2, -0.15) is 0 Å². The van der Waals surface area contributed by atoms with Crippen LogP contribution in [-0.2, 0) is 31.6 Å². The quantitative estimate of drug-likeness (QED) is 0.490. The van der Waals surface area contributed by atoms with Gasteiger partial charge in [0.1, 0.15) is 18.3 Å². The summed E-state index contributed by atoms with van der Waals surface area (Å²) in [6.45, 7) is 9.98. The van der Waals surface area contributed by atoms with E-state index >= 15 is 0 Å². The summed E-state index contributed by atoms with van der Waals surface area (Å²) in [5.41, 5.74) is 2.11. The molecule has 9 heteroatoms. The molecule has 2 aromatic carbocycles. The molecule has 0 fully saturated rings. The minimum atomic E-state index is -3.78. The molecule has 0 aliphatic heterocycles. The van der Waals surface area contributed by atoms with Crippen molar-refractivity contribution in [3.63, 3.8) is 0 Å². The number of methoxy groups -OCH3 is 1. The average molecular weight is 518 g/mol. The van der Waals surface area contributed by atoms with Crippen LogP contribution < -0.4 is 14.4 Å². The summed E-state index contributed by atoms with van der Waals surface area (Å²) in [6, 6.07) is 13.6. The number of amides is 2. The number of sulfonamides is 1. The summed E-state index contributed by atoms with van der Waals surface area (Å²) >= 11 is 0. The van der Waals surface area contributed by atoms with E-state index in [9.17, 15) is 18.0 Å². The molecule has 0 aliphatic rings. The first kappa shape index (κ1) is 29.2. The number of carbonyl (C=O) groups is 2. The molecule has 0 aromatic heterocycles. The third kappa shape index (κ3) is 7.71. The second-order valence-corrected chi connectivity index (χ2v) is 11.7. The first-order chi connectivity index (χ1) is 16.8. The Labute approximate surface area is 215 Å². The van der Waals surface area contributed by atoms with E-state index in [1.807, 2.05) is 38.1 Å². The normalized spacial score (nSPS) is 12.5. The fourth-order valence-electron chi connectivity index (χ4n) is 3.92. The molecular formula is C27H39N3O5S. The molecule has 0 bridgehead atoms. The third-order valence-corrected chi connectivity index (χ3v) is 7.07. The number of hydrogen-bond donors (Lipinski definition) is 1. The SMILES string of the molecule is CCNC(=O)[C@H](CC)N(Cc1cccc(OC)c1)C(=O)CN(c1ccc(C(C)(C)C)cc1)S(C)(=O)=O. The molecule has 0 unspecified atom stereocenters.